The lowest BCUT2D eigenvalue weighted by Crippen LogP contribution is -2.47. The van der Waals surface area contributed by atoms with Gasteiger partial charge in [0, 0.05) is 25.2 Å². The van der Waals surface area contributed by atoms with Crippen molar-refractivity contribution in [1.29, 1.82) is 5.26 Å². The number of oxazole rings is 1. The summed E-state index contributed by atoms with van der Waals surface area (Å²) >= 11 is 0. The van der Waals surface area contributed by atoms with Crippen LogP contribution in [0.5, 0.6) is 0 Å². The summed E-state index contributed by atoms with van der Waals surface area (Å²) in [6, 6.07) is 19.2. The molecule has 0 aliphatic carbocycles. The number of aromatic nitrogens is 1. The Morgan fingerprint density at radius 1 is 1.14 bits per heavy atom. The van der Waals surface area contributed by atoms with Crippen molar-refractivity contribution in [2.75, 3.05) is 16.8 Å². The van der Waals surface area contributed by atoms with E-state index in [0.717, 1.165) is 11.4 Å². The number of hydrogen-bond acceptors (Lipinski definition) is 6. The van der Waals surface area contributed by atoms with Crippen LogP contribution in [0.4, 0.5) is 17.2 Å². The molecular formula is C22H17N5O2. The second-order valence-corrected chi connectivity index (χ2v) is 7.06. The number of carbonyl (C=O) groups excluding carboxylic acids is 1. The number of nitrogens with zero attached hydrogens (tertiary/aromatic N) is 4. The van der Waals surface area contributed by atoms with Gasteiger partial charge in [-0.25, -0.2) is 0 Å². The number of carbonyl (C=O) groups is 1. The van der Waals surface area contributed by atoms with Crippen molar-refractivity contribution in [3.8, 4) is 6.07 Å². The zero-order valence-electron chi connectivity index (χ0n) is 15.9. The van der Waals surface area contributed by atoms with Gasteiger partial charge in [0.1, 0.15) is 11.9 Å². The summed E-state index contributed by atoms with van der Waals surface area (Å²) in [7, 11) is 1.63. The normalized spacial score (nSPS) is 20.1. The number of amides is 1. The number of anilines is 3. The monoisotopic (exact) mass is 383 g/mol. The van der Waals surface area contributed by atoms with Crippen molar-refractivity contribution in [2.24, 2.45) is 5.73 Å². The van der Waals surface area contributed by atoms with Gasteiger partial charge in [-0.3, -0.25) is 14.6 Å². The molecule has 2 aliphatic heterocycles. The van der Waals surface area contributed by atoms with Crippen LogP contribution in [0.3, 0.4) is 0 Å². The molecule has 142 valence electrons. The smallest absolute Gasteiger partial charge is 0.252 e. The molecule has 0 bridgehead atoms. The molecule has 3 aromatic rings. The van der Waals surface area contributed by atoms with E-state index in [1.54, 1.807) is 18.9 Å². The van der Waals surface area contributed by atoms with Gasteiger partial charge in [0.15, 0.2) is 22.9 Å². The molecular weight excluding hydrogens is 366 g/mol. The Balaban J connectivity index is 1.91. The zero-order valence-corrected chi connectivity index (χ0v) is 15.9. The van der Waals surface area contributed by atoms with Gasteiger partial charge in [-0.15, -0.1) is 0 Å². The van der Waals surface area contributed by atoms with Crippen LogP contribution in [-0.4, -0.2) is 17.9 Å². The molecule has 2 aliphatic rings. The quantitative estimate of drug-likeness (QED) is 0.693. The average Bonchev–Trinajstić information content (AvgIpc) is 3.21. The Bertz CT molecular complexity index is 1240. The van der Waals surface area contributed by atoms with Crippen LogP contribution >= 0.6 is 0 Å². The number of aryl methyl sites for hydroxylation is 1. The first-order valence-corrected chi connectivity index (χ1v) is 9.13. The van der Waals surface area contributed by atoms with Crippen LogP contribution in [0.15, 0.2) is 70.4 Å². The molecule has 0 saturated carbocycles. The van der Waals surface area contributed by atoms with Crippen LogP contribution in [0.25, 0.3) is 0 Å². The van der Waals surface area contributed by atoms with Crippen molar-refractivity contribution < 1.29 is 9.21 Å². The first-order chi connectivity index (χ1) is 14.0. The molecule has 1 spiro atoms. The van der Waals surface area contributed by atoms with E-state index in [9.17, 15) is 10.1 Å². The van der Waals surface area contributed by atoms with Crippen LogP contribution in [0.1, 0.15) is 17.2 Å². The molecule has 7 nitrogen and oxygen atoms in total. The highest BCUT2D eigenvalue weighted by Gasteiger charge is 2.62. The van der Waals surface area contributed by atoms with Crippen molar-refractivity contribution in [2.45, 2.75) is 12.3 Å². The summed E-state index contributed by atoms with van der Waals surface area (Å²) in [4.78, 5) is 21.2. The Kier molecular flexibility index (Phi) is 3.37. The summed E-state index contributed by atoms with van der Waals surface area (Å²) in [5.74, 6) is 1.06. The Hall–Kier alpha value is -4.05. The standard InChI is InChI=1S/C22H17N5O2/c1-13-25-20-18(29-13)22(21(28)26(20)2)15-10-6-7-11-17(15)27(19(24)16(22)12-23)14-8-4-3-5-9-14/h3-11H,24H2,1-2H3/t22-/m1/s1. The maximum absolute atomic E-state index is 13.6. The average molecular weight is 383 g/mol. The lowest BCUT2D eigenvalue weighted by Gasteiger charge is -2.39. The third-order valence-electron chi connectivity index (χ3n) is 5.55. The Morgan fingerprint density at radius 2 is 1.83 bits per heavy atom. The predicted molar refractivity (Wildman–Crippen MR) is 107 cm³/mol. The van der Waals surface area contributed by atoms with Crippen molar-refractivity contribution in [1.82, 2.24) is 4.98 Å². The van der Waals surface area contributed by atoms with Crippen LogP contribution in [-0.2, 0) is 10.2 Å². The van der Waals surface area contributed by atoms with E-state index in [0.29, 0.717) is 23.0 Å². The maximum Gasteiger partial charge on any atom is 0.252 e. The van der Waals surface area contributed by atoms with Gasteiger partial charge in [-0.05, 0) is 18.2 Å². The molecule has 1 amide bonds. The van der Waals surface area contributed by atoms with Crippen molar-refractivity contribution >= 4 is 23.1 Å². The summed E-state index contributed by atoms with van der Waals surface area (Å²) in [6.45, 7) is 1.72. The number of nitriles is 1. The predicted octanol–water partition coefficient (Wildman–Crippen LogP) is 3.09. The van der Waals surface area contributed by atoms with E-state index in [2.05, 4.69) is 11.1 Å². The minimum Gasteiger partial charge on any atom is -0.442 e. The number of likely N-dealkylation sites (N-methyl/N-ethyl adjacent to an activating group) is 1. The Morgan fingerprint density at radius 3 is 2.55 bits per heavy atom. The molecule has 0 radical (unpaired) electrons. The van der Waals surface area contributed by atoms with E-state index in [4.69, 9.17) is 10.2 Å². The third-order valence-corrected chi connectivity index (χ3v) is 5.55. The van der Waals surface area contributed by atoms with E-state index in [1.165, 1.54) is 4.90 Å². The van der Waals surface area contributed by atoms with Crippen LogP contribution in [0, 0.1) is 18.3 Å². The number of fused-ring (bicyclic) bond motifs is 4. The van der Waals surface area contributed by atoms with E-state index in [-0.39, 0.29) is 17.3 Å². The van der Waals surface area contributed by atoms with Crippen LogP contribution in [0.2, 0.25) is 0 Å². The van der Waals surface area contributed by atoms with E-state index in [1.807, 2.05) is 54.6 Å². The zero-order chi connectivity index (χ0) is 20.3. The molecule has 0 saturated heterocycles. The lowest BCUT2D eigenvalue weighted by molar-refractivity contribution is -0.120. The summed E-state index contributed by atoms with van der Waals surface area (Å²) in [6.07, 6.45) is 0. The summed E-state index contributed by atoms with van der Waals surface area (Å²) in [5.41, 5.74) is 7.40. The largest absolute Gasteiger partial charge is 0.442 e. The minimum absolute atomic E-state index is 0.131. The SMILES string of the molecule is Cc1nc2c(o1)[C@]1(C(=O)N2C)C(C#N)=C(N)N(c2ccccc2)c2ccccc21. The van der Waals surface area contributed by atoms with Crippen molar-refractivity contribution in [3.63, 3.8) is 0 Å². The molecule has 7 heteroatoms. The first-order valence-electron chi connectivity index (χ1n) is 9.13. The second kappa shape index (κ2) is 5.72. The molecule has 5 rings (SSSR count). The molecule has 0 unspecified atom stereocenters. The number of para-hydroxylation sites is 2. The van der Waals surface area contributed by atoms with Gasteiger partial charge in [0.2, 0.25) is 0 Å². The molecule has 1 aromatic heterocycles. The maximum atomic E-state index is 13.6. The highest BCUT2D eigenvalue weighted by atomic mass is 16.4. The van der Waals surface area contributed by atoms with Gasteiger partial charge in [0.25, 0.3) is 5.91 Å². The summed E-state index contributed by atoms with van der Waals surface area (Å²) < 4.78 is 5.91. The first kappa shape index (κ1) is 17.1. The van der Waals surface area contributed by atoms with Gasteiger partial charge in [-0.2, -0.15) is 10.2 Å². The Labute approximate surface area is 167 Å². The van der Waals surface area contributed by atoms with Gasteiger partial charge < -0.3 is 10.2 Å². The highest BCUT2D eigenvalue weighted by molar-refractivity contribution is 6.13. The number of nitrogens with two attached hydrogens (primary N) is 1. The van der Waals surface area contributed by atoms with Gasteiger partial charge >= 0.3 is 0 Å². The van der Waals surface area contributed by atoms with Gasteiger partial charge in [0.05, 0.1) is 11.3 Å². The molecule has 1 atom stereocenters. The topological polar surface area (TPSA) is 99.4 Å². The van der Waals surface area contributed by atoms with Gasteiger partial charge in [-0.1, -0.05) is 36.4 Å². The summed E-state index contributed by atoms with van der Waals surface area (Å²) in [5, 5.41) is 10.2. The molecule has 29 heavy (non-hydrogen) atoms. The lowest BCUT2D eigenvalue weighted by atomic mass is 9.70. The second-order valence-electron chi connectivity index (χ2n) is 7.06. The van der Waals surface area contributed by atoms with Crippen LogP contribution < -0.4 is 15.5 Å². The molecule has 2 N–H and O–H groups in total. The van der Waals surface area contributed by atoms with E-state index < -0.39 is 5.41 Å². The fraction of sp³-hybridized carbons (Fsp3) is 0.136. The molecule has 0 fully saturated rings. The third kappa shape index (κ3) is 1.95. The highest BCUT2D eigenvalue weighted by Crippen LogP contribution is 2.56. The van der Waals surface area contributed by atoms with E-state index >= 15 is 0 Å². The molecule has 2 aromatic carbocycles. The number of benzene rings is 2. The fourth-order valence-corrected chi connectivity index (χ4v) is 4.34. The number of rotatable bonds is 1. The molecule has 3 heterocycles. The minimum atomic E-state index is -1.45. The fourth-order valence-electron chi connectivity index (χ4n) is 4.34. The van der Waals surface area contributed by atoms with Crippen molar-refractivity contribution in [3.05, 3.63) is 83.2 Å². The number of hydrogen-bond donors (Lipinski definition) is 1.